The van der Waals surface area contributed by atoms with E-state index in [0.717, 1.165) is 0 Å². The molecule has 13 heavy (non-hydrogen) atoms. The quantitative estimate of drug-likeness (QED) is 0.625. The molecule has 0 radical (unpaired) electrons. The number of rotatable bonds is 4. The van der Waals surface area contributed by atoms with E-state index in [2.05, 4.69) is 30.4 Å². The Bertz CT molecular complexity index is 176. The summed E-state index contributed by atoms with van der Waals surface area (Å²) in [5.41, 5.74) is 0.0220. The van der Waals surface area contributed by atoms with Crippen LogP contribution in [0, 0.1) is 5.92 Å². The maximum atomic E-state index is 11.1. The molecule has 0 aromatic rings. The molecule has 0 aromatic carbocycles. The average molecular weight is 187 g/mol. The van der Waals surface area contributed by atoms with E-state index in [0.29, 0.717) is 6.42 Å². The van der Waals surface area contributed by atoms with Crippen LogP contribution in [0.3, 0.4) is 0 Å². The molecular formula is C10H21NO2. The smallest absolute Gasteiger partial charge is 0.305 e. The summed E-state index contributed by atoms with van der Waals surface area (Å²) in [6.45, 7) is 6.32. The summed E-state index contributed by atoms with van der Waals surface area (Å²) < 4.78 is 4.64. The van der Waals surface area contributed by atoms with Crippen molar-refractivity contribution >= 4 is 5.97 Å². The van der Waals surface area contributed by atoms with E-state index in [4.69, 9.17) is 0 Å². The minimum atomic E-state index is -0.137. The highest BCUT2D eigenvalue weighted by Crippen LogP contribution is 2.24. The summed E-state index contributed by atoms with van der Waals surface area (Å²) >= 11 is 0. The third-order valence-electron chi connectivity index (χ3n) is 3.06. The molecule has 0 saturated heterocycles. The molecule has 1 atom stereocenters. The van der Waals surface area contributed by atoms with Crippen molar-refractivity contribution in [3.8, 4) is 0 Å². The van der Waals surface area contributed by atoms with Crippen molar-refractivity contribution in [1.82, 2.24) is 4.90 Å². The number of esters is 1. The molecule has 78 valence electrons. The van der Waals surface area contributed by atoms with Crippen LogP contribution in [-0.2, 0) is 9.53 Å². The highest BCUT2D eigenvalue weighted by molar-refractivity contribution is 5.69. The van der Waals surface area contributed by atoms with Crippen LogP contribution in [0.1, 0.15) is 27.2 Å². The first-order valence-electron chi connectivity index (χ1n) is 4.56. The van der Waals surface area contributed by atoms with Gasteiger partial charge in [0.2, 0.25) is 0 Å². The molecule has 0 saturated carbocycles. The van der Waals surface area contributed by atoms with Crippen molar-refractivity contribution < 1.29 is 9.53 Å². The molecule has 0 spiro atoms. The third-order valence-corrected chi connectivity index (χ3v) is 3.06. The monoisotopic (exact) mass is 187 g/mol. The third kappa shape index (κ3) is 3.35. The van der Waals surface area contributed by atoms with Crippen LogP contribution in [0.2, 0.25) is 0 Å². The second-order valence-corrected chi connectivity index (χ2v) is 4.23. The van der Waals surface area contributed by atoms with Crippen molar-refractivity contribution in [3.63, 3.8) is 0 Å². The first-order valence-corrected chi connectivity index (χ1v) is 4.56. The van der Waals surface area contributed by atoms with Gasteiger partial charge in [-0.3, -0.25) is 4.79 Å². The molecule has 0 amide bonds. The van der Waals surface area contributed by atoms with E-state index in [1.807, 2.05) is 14.1 Å². The molecule has 0 aliphatic heterocycles. The van der Waals surface area contributed by atoms with Gasteiger partial charge in [-0.05, 0) is 33.9 Å². The summed E-state index contributed by atoms with van der Waals surface area (Å²) in [6.07, 6.45) is 0.474. The van der Waals surface area contributed by atoms with Gasteiger partial charge >= 0.3 is 5.97 Å². The van der Waals surface area contributed by atoms with E-state index in [1.165, 1.54) is 7.11 Å². The standard InChI is InChI=1S/C10H21NO2/c1-8(7-9(12)13-6)10(2,3)11(4)5/h8H,7H2,1-6H3. The number of carbonyl (C=O) groups is 1. The lowest BCUT2D eigenvalue weighted by atomic mass is 9.85. The summed E-state index contributed by atoms with van der Waals surface area (Å²) in [5, 5.41) is 0. The van der Waals surface area contributed by atoms with Gasteiger partial charge < -0.3 is 9.64 Å². The largest absolute Gasteiger partial charge is 0.469 e. The average Bonchev–Trinajstić information content (AvgIpc) is 2.03. The fourth-order valence-corrected chi connectivity index (χ4v) is 1.02. The normalized spacial score (nSPS) is 14.4. The molecule has 3 heteroatoms. The number of ether oxygens (including phenoxy) is 1. The predicted octanol–water partition coefficient (Wildman–Crippen LogP) is 1.53. The van der Waals surface area contributed by atoms with Gasteiger partial charge in [-0.2, -0.15) is 0 Å². The number of hydrogen-bond donors (Lipinski definition) is 0. The van der Waals surface area contributed by atoms with Crippen molar-refractivity contribution in [2.75, 3.05) is 21.2 Å². The zero-order valence-corrected chi connectivity index (χ0v) is 9.55. The van der Waals surface area contributed by atoms with Crippen molar-refractivity contribution in [2.45, 2.75) is 32.7 Å². The Labute approximate surface area is 81.1 Å². The summed E-state index contributed by atoms with van der Waals surface area (Å²) in [4.78, 5) is 13.2. The molecular weight excluding hydrogens is 166 g/mol. The van der Waals surface area contributed by atoms with Crippen LogP contribution in [0.25, 0.3) is 0 Å². The number of hydrogen-bond acceptors (Lipinski definition) is 3. The molecule has 3 nitrogen and oxygen atoms in total. The van der Waals surface area contributed by atoms with Crippen LogP contribution in [0.5, 0.6) is 0 Å². The highest BCUT2D eigenvalue weighted by atomic mass is 16.5. The number of methoxy groups -OCH3 is 1. The van der Waals surface area contributed by atoms with Crippen LogP contribution in [-0.4, -0.2) is 37.6 Å². The SMILES string of the molecule is COC(=O)CC(C)C(C)(C)N(C)C. The summed E-state index contributed by atoms with van der Waals surface area (Å²) in [6, 6.07) is 0. The van der Waals surface area contributed by atoms with Crippen molar-refractivity contribution in [2.24, 2.45) is 5.92 Å². The lowest BCUT2D eigenvalue weighted by Crippen LogP contribution is -2.44. The molecule has 0 aromatic heterocycles. The van der Waals surface area contributed by atoms with Gasteiger partial charge in [0.1, 0.15) is 0 Å². The first kappa shape index (κ1) is 12.4. The summed E-state index contributed by atoms with van der Waals surface area (Å²) in [5.74, 6) is 0.150. The zero-order valence-electron chi connectivity index (χ0n) is 9.55. The van der Waals surface area contributed by atoms with Gasteiger partial charge in [-0.15, -0.1) is 0 Å². The maximum absolute atomic E-state index is 11.1. The molecule has 0 aliphatic rings. The predicted molar refractivity (Wildman–Crippen MR) is 53.6 cm³/mol. The summed E-state index contributed by atoms with van der Waals surface area (Å²) in [7, 11) is 5.47. The Morgan fingerprint density at radius 1 is 1.46 bits per heavy atom. The maximum Gasteiger partial charge on any atom is 0.305 e. The van der Waals surface area contributed by atoms with Crippen LogP contribution >= 0.6 is 0 Å². The fourth-order valence-electron chi connectivity index (χ4n) is 1.02. The second kappa shape index (κ2) is 4.61. The fraction of sp³-hybridized carbons (Fsp3) is 0.900. The van der Waals surface area contributed by atoms with E-state index in [-0.39, 0.29) is 17.4 Å². The Balaban J connectivity index is 4.24. The van der Waals surface area contributed by atoms with Crippen LogP contribution in [0.4, 0.5) is 0 Å². The molecule has 0 heterocycles. The van der Waals surface area contributed by atoms with Crippen molar-refractivity contribution in [1.29, 1.82) is 0 Å². The second-order valence-electron chi connectivity index (χ2n) is 4.23. The minimum Gasteiger partial charge on any atom is -0.469 e. The molecule has 0 fully saturated rings. The number of carbonyl (C=O) groups excluding carboxylic acids is 1. The van der Waals surface area contributed by atoms with E-state index in [1.54, 1.807) is 0 Å². The minimum absolute atomic E-state index is 0.0220. The Morgan fingerprint density at radius 2 is 1.92 bits per heavy atom. The number of nitrogens with zero attached hydrogens (tertiary/aromatic N) is 1. The van der Waals surface area contributed by atoms with E-state index in [9.17, 15) is 4.79 Å². The Morgan fingerprint density at radius 3 is 2.23 bits per heavy atom. The molecule has 0 rings (SSSR count). The van der Waals surface area contributed by atoms with Gasteiger partial charge in [0.25, 0.3) is 0 Å². The molecule has 0 bridgehead atoms. The van der Waals surface area contributed by atoms with Gasteiger partial charge in [0.15, 0.2) is 0 Å². The highest BCUT2D eigenvalue weighted by Gasteiger charge is 2.29. The topological polar surface area (TPSA) is 29.5 Å². The van der Waals surface area contributed by atoms with Crippen molar-refractivity contribution in [3.05, 3.63) is 0 Å². The Kier molecular flexibility index (Phi) is 4.40. The Hall–Kier alpha value is -0.570. The van der Waals surface area contributed by atoms with E-state index >= 15 is 0 Å². The lowest BCUT2D eigenvalue weighted by Gasteiger charge is -2.37. The lowest BCUT2D eigenvalue weighted by molar-refractivity contribution is -0.142. The van der Waals surface area contributed by atoms with Gasteiger partial charge in [0.05, 0.1) is 7.11 Å². The van der Waals surface area contributed by atoms with Gasteiger partial charge in [0, 0.05) is 12.0 Å². The van der Waals surface area contributed by atoms with Crippen LogP contribution in [0.15, 0.2) is 0 Å². The molecule has 1 unspecified atom stereocenters. The van der Waals surface area contributed by atoms with Gasteiger partial charge in [-0.25, -0.2) is 0 Å². The molecule has 0 aliphatic carbocycles. The van der Waals surface area contributed by atoms with E-state index < -0.39 is 0 Å². The van der Waals surface area contributed by atoms with Gasteiger partial charge in [-0.1, -0.05) is 6.92 Å². The molecule has 0 N–H and O–H groups in total. The first-order chi connectivity index (χ1) is 5.82. The van der Waals surface area contributed by atoms with Crippen LogP contribution < -0.4 is 0 Å². The zero-order chi connectivity index (χ0) is 10.6.